The smallest absolute Gasteiger partial charge is 0.242 e. The van der Waals surface area contributed by atoms with Crippen molar-refractivity contribution in [3.8, 4) is 0 Å². The van der Waals surface area contributed by atoms with Gasteiger partial charge in [-0.25, -0.2) is 4.39 Å². The van der Waals surface area contributed by atoms with Crippen molar-refractivity contribution in [1.82, 2.24) is 9.80 Å². The molecule has 2 saturated heterocycles. The van der Waals surface area contributed by atoms with E-state index < -0.39 is 0 Å². The largest absolute Gasteiger partial charge is 0.381 e. The maximum atomic E-state index is 13.4. The number of carbonyl (C=O) groups excluding carboxylic acids is 2. The monoisotopic (exact) mass is 392 g/mol. The fourth-order valence-electron chi connectivity index (χ4n) is 3.70. The number of hydrogen-bond donors (Lipinski definition) is 0. The molecule has 0 N–H and O–H groups in total. The summed E-state index contributed by atoms with van der Waals surface area (Å²) < 4.78 is 24.8. The lowest BCUT2D eigenvalue weighted by molar-refractivity contribution is -0.141. The first kappa shape index (κ1) is 20.7. The number of ether oxygens (including phenoxy) is 2. The summed E-state index contributed by atoms with van der Waals surface area (Å²) in [7, 11) is 0. The average molecular weight is 392 g/mol. The molecule has 2 aliphatic rings. The average Bonchev–Trinajstić information content (AvgIpc) is 3.13. The Bertz CT molecular complexity index is 691. The van der Waals surface area contributed by atoms with E-state index in [1.807, 2.05) is 0 Å². The minimum absolute atomic E-state index is 0.0448. The number of halogens is 1. The molecular formula is C21H29FN2O4. The lowest BCUT2D eigenvalue weighted by Gasteiger charge is -2.26. The third-order valence-electron chi connectivity index (χ3n) is 5.08. The van der Waals surface area contributed by atoms with Gasteiger partial charge in [0, 0.05) is 26.2 Å². The molecule has 154 valence electrons. The van der Waals surface area contributed by atoms with Gasteiger partial charge in [-0.3, -0.25) is 9.59 Å². The minimum Gasteiger partial charge on any atom is -0.381 e. The Morgan fingerprint density at radius 2 is 2.18 bits per heavy atom. The lowest BCUT2D eigenvalue weighted by atomic mass is 10.1. The highest BCUT2D eigenvalue weighted by molar-refractivity contribution is 5.86. The second-order valence-corrected chi connectivity index (χ2v) is 8.03. The minimum atomic E-state index is -0.320. The van der Waals surface area contributed by atoms with Crippen molar-refractivity contribution in [2.75, 3.05) is 39.4 Å². The summed E-state index contributed by atoms with van der Waals surface area (Å²) in [4.78, 5) is 29.0. The molecule has 1 aromatic carbocycles. The van der Waals surface area contributed by atoms with Crippen LogP contribution in [-0.2, 0) is 25.7 Å². The SMILES string of the molecule is CC(C)CN1C[C@@H](OCc2cccc(F)c2)CN(C(=O)[C@H]2CCOC2)CC1=O. The van der Waals surface area contributed by atoms with E-state index in [4.69, 9.17) is 9.47 Å². The van der Waals surface area contributed by atoms with Crippen LogP contribution in [0.2, 0.25) is 0 Å². The van der Waals surface area contributed by atoms with Gasteiger partial charge in [-0.05, 0) is 30.0 Å². The van der Waals surface area contributed by atoms with Gasteiger partial charge < -0.3 is 19.3 Å². The molecule has 6 nitrogen and oxygen atoms in total. The quantitative estimate of drug-likeness (QED) is 0.744. The maximum absolute atomic E-state index is 13.4. The molecule has 1 aromatic rings. The van der Waals surface area contributed by atoms with Gasteiger partial charge in [-0.15, -0.1) is 0 Å². The predicted octanol–water partition coefficient (Wildman–Crippen LogP) is 2.07. The Morgan fingerprint density at radius 3 is 2.86 bits per heavy atom. The standard InChI is InChI=1S/C21H29FN2O4/c1-15(2)9-23-10-19(28-13-16-4-3-5-18(22)8-16)11-24(12-20(23)25)21(26)17-6-7-27-14-17/h3-5,8,15,17,19H,6-7,9-14H2,1-2H3/t17-,19+/m0/s1. The zero-order chi connectivity index (χ0) is 20.1. The van der Waals surface area contributed by atoms with Crippen LogP contribution in [-0.4, -0.2) is 67.1 Å². The first-order valence-corrected chi connectivity index (χ1v) is 9.92. The lowest BCUT2D eigenvalue weighted by Crippen LogP contribution is -2.43. The van der Waals surface area contributed by atoms with Crippen LogP contribution >= 0.6 is 0 Å². The van der Waals surface area contributed by atoms with Crippen LogP contribution < -0.4 is 0 Å². The van der Waals surface area contributed by atoms with Crippen molar-refractivity contribution in [1.29, 1.82) is 0 Å². The Balaban J connectivity index is 1.71. The van der Waals surface area contributed by atoms with Crippen LogP contribution in [0.15, 0.2) is 24.3 Å². The van der Waals surface area contributed by atoms with E-state index >= 15 is 0 Å². The molecule has 0 spiro atoms. The summed E-state index contributed by atoms with van der Waals surface area (Å²) in [5.41, 5.74) is 0.730. The van der Waals surface area contributed by atoms with Crippen molar-refractivity contribution >= 4 is 11.8 Å². The van der Waals surface area contributed by atoms with E-state index in [0.717, 1.165) is 5.56 Å². The maximum Gasteiger partial charge on any atom is 0.242 e. The molecule has 2 fully saturated rings. The molecule has 2 heterocycles. The van der Waals surface area contributed by atoms with E-state index in [1.54, 1.807) is 21.9 Å². The van der Waals surface area contributed by atoms with E-state index in [2.05, 4.69) is 13.8 Å². The fraction of sp³-hybridized carbons (Fsp3) is 0.619. The predicted molar refractivity (Wildman–Crippen MR) is 102 cm³/mol. The summed E-state index contributed by atoms with van der Waals surface area (Å²) in [6.45, 7) is 6.81. The van der Waals surface area contributed by atoms with Crippen LogP contribution in [0.1, 0.15) is 25.8 Å². The fourth-order valence-corrected chi connectivity index (χ4v) is 3.70. The second-order valence-electron chi connectivity index (χ2n) is 8.03. The first-order chi connectivity index (χ1) is 13.4. The van der Waals surface area contributed by atoms with Crippen LogP contribution in [0, 0.1) is 17.7 Å². The van der Waals surface area contributed by atoms with E-state index in [9.17, 15) is 14.0 Å². The molecule has 0 aromatic heterocycles. The summed E-state index contributed by atoms with van der Waals surface area (Å²) in [5.74, 6) is -0.280. The van der Waals surface area contributed by atoms with Crippen molar-refractivity contribution in [3.05, 3.63) is 35.6 Å². The van der Waals surface area contributed by atoms with Gasteiger partial charge in [0.1, 0.15) is 5.82 Å². The highest BCUT2D eigenvalue weighted by Crippen LogP contribution is 2.19. The van der Waals surface area contributed by atoms with Gasteiger partial charge in [-0.1, -0.05) is 26.0 Å². The number of rotatable bonds is 6. The molecule has 7 heteroatoms. The third kappa shape index (κ3) is 5.52. The molecule has 2 amide bonds. The van der Waals surface area contributed by atoms with E-state index in [1.165, 1.54) is 12.1 Å². The molecule has 2 aliphatic heterocycles. The molecule has 0 radical (unpaired) electrons. The Labute approximate surface area is 165 Å². The van der Waals surface area contributed by atoms with E-state index in [-0.39, 0.29) is 42.8 Å². The highest BCUT2D eigenvalue weighted by atomic mass is 19.1. The van der Waals surface area contributed by atoms with E-state index in [0.29, 0.717) is 45.2 Å². The molecule has 3 rings (SSSR count). The molecule has 0 aliphatic carbocycles. The molecule has 0 saturated carbocycles. The first-order valence-electron chi connectivity index (χ1n) is 9.92. The summed E-state index contributed by atoms with van der Waals surface area (Å²) in [6.07, 6.45) is 0.369. The highest BCUT2D eigenvalue weighted by Gasteiger charge is 2.35. The summed E-state index contributed by atoms with van der Waals surface area (Å²) >= 11 is 0. The van der Waals surface area contributed by atoms with Gasteiger partial charge >= 0.3 is 0 Å². The zero-order valence-electron chi connectivity index (χ0n) is 16.6. The molecule has 28 heavy (non-hydrogen) atoms. The van der Waals surface area contributed by atoms with Crippen molar-refractivity contribution < 1.29 is 23.5 Å². The number of hydrogen-bond acceptors (Lipinski definition) is 4. The Kier molecular flexibility index (Phi) is 7.02. The van der Waals surface area contributed by atoms with Gasteiger partial charge in [0.15, 0.2) is 0 Å². The summed E-state index contributed by atoms with van der Waals surface area (Å²) in [6, 6.07) is 6.27. The zero-order valence-corrected chi connectivity index (χ0v) is 16.6. The Morgan fingerprint density at radius 1 is 1.36 bits per heavy atom. The van der Waals surface area contributed by atoms with Gasteiger partial charge in [0.25, 0.3) is 0 Å². The normalized spacial score (nSPS) is 23.4. The topological polar surface area (TPSA) is 59.1 Å². The van der Waals surface area contributed by atoms with Crippen LogP contribution in [0.5, 0.6) is 0 Å². The van der Waals surface area contributed by atoms with Crippen molar-refractivity contribution in [3.63, 3.8) is 0 Å². The van der Waals surface area contributed by atoms with Gasteiger partial charge in [0.05, 0.1) is 31.8 Å². The molecular weight excluding hydrogens is 363 g/mol. The molecule has 2 atom stereocenters. The second kappa shape index (κ2) is 9.47. The van der Waals surface area contributed by atoms with Gasteiger partial charge in [-0.2, -0.15) is 0 Å². The van der Waals surface area contributed by atoms with Gasteiger partial charge in [0.2, 0.25) is 11.8 Å². The van der Waals surface area contributed by atoms with Crippen LogP contribution in [0.3, 0.4) is 0 Å². The summed E-state index contributed by atoms with van der Waals surface area (Å²) in [5, 5.41) is 0. The van der Waals surface area contributed by atoms with Crippen molar-refractivity contribution in [2.45, 2.75) is 33.0 Å². The number of benzene rings is 1. The third-order valence-corrected chi connectivity index (χ3v) is 5.08. The molecule has 0 bridgehead atoms. The number of carbonyl (C=O) groups is 2. The van der Waals surface area contributed by atoms with Crippen molar-refractivity contribution in [2.24, 2.45) is 11.8 Å². The number of nitrogens with zero attached hydrogens (tertiary/aromatic N) is 2. The Hall–Kier alpha value is -1.99. The number of amides is 2. The molecule has 0 unspecified atom stereocenters. The van der Waals surface area contributed by atoms with Crippen LogP contribution in [0.4, 0.5) is 4.39 Å². The van der Waals surface area contributed by atoms with Crippen LogP contribution in [0.25, 0.3) is 0 Å².